The smallest absolute Gasteiger partial charge is 0.543 e. The third kappa shape index (κ3) is 2.90. The Balaban J connectivity index is 0.00000112. The summed E-state index contributed by atoms with van der Waals surface area (Å²) in [5, 5.41) is 13.7. The molecule has 1 aliphatic carbocycles. The molecule has 5 nitrogen and oxygen atoms in total. The number of rotatable bonds is 3. The molecule has 0 bridgehead atoms. The molecule has 0 aliphatic heterocycles. The number of carboxylic acid groups (broad SMARTS) is 1. The van der Waals surface area contributed by atoms with Crippen molar-refractivity contribution < 1.29 is 39.5 Å². The first-order valence-corrected chi connectivity index (χ1v) is 4.56. The Hall–Kier alpha value is -0.650. The van der Waals surface area contributed by atoms with Gasteiger partial charge in [0.25, 0.3) is 0 Å². The molecule has 1 heterocycles. The van der Waals surface area contributed by atoms with Gasteiger partial charge in [0.1, 0.15) is 5.69 Å². The van der Waals surface area contributed by atoms with E-state index >= 15 is 0 Å². The van der Waals surface area contributed by atoms with Gasteiger partial charge in [-0.05, 0) is 19.3 Å². The number of aromatic nitrogens is 2. The first-order chi connectivity index (χ1) is 6.77. The van der Waals surface area contributed by atoms with E-state index in [1.165, 1.54) is 18.8 Å². The number of anilines is 1. The average molecular weight is 215 g/mol. The summed E-state index contributed by atoms with van der Waals surface area (Å²) in [6.07, 6.45) is 6.11. The number of nitrogens with one attached hydrogen (secondary N) is 1. The average Bonchev–Trinajstić information content (AvgIpc) is 2.12. The van der Waals surface area contributed by atoms with Crippen molar-refractivity contribution in [3.63, 3.8) is 0 Å². The van der Waals surface area contributed by atoms with Crippen molar-refractivity contribution in [3.8, 4) is 0 Å². The minimum absolute atomic E-state index is 0. The summed E-state index contributed by atoms with van der Waals surface area (Å²) >= 11 is 0. The maximum absolute atomic E-state index is 10.7. The van der Waals surface area contributed by atoms with Gasteiger partial charge in [0.2, 0.25) is 0 Å². The summed E-state index contributed by atoms with van der Waals surface area (Å²) < 4.78 is 0. The number of carbonyl (C=O) groups is 1. The van der Waals surface area contributed by atoms with Crippen molar-refractivity contribution in [1.82, 2.24) is 9.97 Å². The van der Waals surface area contributed by atoms with E-state index in [1.54, 1.807) is 0 Å². The van der Waals surface area contributed by atoms with Crippen molar-refractivity contribution in [2.24, 2.45) is 0 Å². The molecular formula is C9H10N3NaO2. The number of carbonyl (C=O) groups excluding carboxylic acids is 1. The normalized spacial score (nSPS) is 14.9. The molecule has 0 radical (unpaired) electrons. The fourth-order valence-corrected chi connectivity index (χ4v) is 1.34. The van der Waals surface area contributed by atoms with Gasteiger partial charge in [0.05, 0.1) is 5.97 Å². The Labute approximate surface area is 110 Å². The van der Waals surface area contributed by atoms with Crippen LogP contribution in [0.25, 0.3) is 0 Å². The van der Waals surface area contributed by atoms with E-state index < -0.39 is 5.97 Å². The van der Waals surface area contributed by atoms with Crippen LogP contribution in [0, 0.1) is 0 Å². The minimum atomic E-state index is -1.29. The van der Waals surface area contributed by atoms with Gasteiger partial charge < -0.3 is 15.2 Å². The third-order valence-electron chi connectivity index (χ3n) is 2.34. The fourth-order valence-electron chi connectivity index (χ4n) is 1.34. The SMILES string of the molecule is O=C([O-])c1nccnc1NC1CCC1.[Na+]. The molecule has 0 amide bonds. The van der Waals surface area contributed by atoms with Crippen LogP contribution >= 0.6 is 0 Å². The van der Waals surface area contributed by atoms with Crippen LogP contribution in [-0.2, 0) is 0 Å². The zero-order valence-corrected chi connectivity index (χ0v) is 10.6. The van der Waals surface area contributed by atoms with Crippen molar-refractivity contribution in [2.75, 3.05) is 5.32 Å². The second-order valence-electron chi connectivity index (χ2n) is 3.31. The summed E-state index contributed by atoms with van der Waals surface area (Å²) in [6.45, 7) is 0. The third-order valence-corrected chi connectivity index (χ3v) is 2.34. The van der Waals surface area contributed by atoms with Gasteiger partial charge in [-0.1, -0.05) is 0 Å². The minimum Gasteiger partial charge on any atom is -0.543 e. The van der Waals surface area contributed by atoms with E-state index in [-0.39, 0.29) is 35.3 Å². The van der Waals surface area contributed by atoms with Crippen LogP contribution < -0.4 is 40.0 Å². The van der Waals surface area contributed by atoms with Gasteiger partial charge in [-0.2, -0.15) is 0 Å². The van der Waals surface area contributed by atoms with Gasteiger partial charge in [-0.25, -0.2) is 9.97 Å². The summed E-state index contributed by atoms with van der Waals surface area (Å²) in [5.74, 6) is -0.975. The number of hydrogen-bond donors (Lipinski definition) is 1. The van der Waals surface area contributed by atoms with E-state index in [0.29, 0.717) is 11.9 Å². The topological polar surface area (TPSA) is 77.9 Å². The maximum atomic E-state index is 10.7. The number of hydrogen-bond acceptors (Lipinski definition) is 5. The molecule has 0 saturated heterocycles. The molecular weight excluding hydrogens is 205 g/mol. The van der Waals surface area contributed by atoms with Crippen LogP contribution in [0.3, 0.4) is 0 Å². The van der Waals surface area contributed by atoms with Gasteiger partial charge in [0, 0.05) is 18.4 Å². The predicted octanol–water partition coefficient (Wildman–Crippen LogP) is -3.19. The van der Waals surface area contributed by atoms with Crippen molar-refractivity contribution in [2.45, 2.75) is 25.3 Å². The molecule has 1 aromatic heterocycles. The Morgan fingerprint density at radius 3 is 2.60 bits per heavy atom. The Bertz CT molecular complexity index is 355. The Kier molecular flexibility index (Phi) is 4.50. The van der Waals surface area contributed by atoms with E-state index in [9.17, 15) is 9.90 Å². The molecule has 1 N–H and O–H groups in total. The summed E-state index contributed by atoms with van der Waals surface area (Å²) in [4.78, 5) is 18.3. The largest absolute Gasteiger partial charge is 1.00 e. The molecule has 2 rings (SSSR count). The van der Waals surface area contributed by atoms with Gasteiger partial charge >= 0.3 is 29.6 Å². The second kappa shape index (κ2) is 5.44. The molecule has 1 fully saturated rings. The van der Waals surface area contributed by atoms with E-state index in [0.717, 1.165) is 12.8 Å². The molecule has 1 aliphatic rings. The molecule has 0 unspecified atom stereocenters. The van der Waals surface area contributed by atoms with E-state index in [1.807, 2.05) is 0 Å². The van der Waals surface area contributed by atoms with Gasteiger partial charge in [0.15, 0.2) is 5.82 Å². The zero-order chi connectivity index (χ0) is 9.97. The number of aromatic carboxylic acids is 1. The molecule has 1 saturated carbocycles. The fraction of sp³-hybridized carbons (Fsp3) is 0.444. The summed E-state index contributed by atoms with van der Waals surface area (Å²) in [7, 11) is 0. The summed E-state index contributed by atoms with van der Waals surface area (Å²) in [6, 6.07) is 0.338. The van der Waals surface area contributed by atoms with Crippen molar-refractivity contribution in [1.29, 1.82) is 0 Å². The predicted molar refractivity (Wildman–Crippen MR) is 47.6 cm³/mol. The molecule has 74 valence electrons. The van der Waals surface area contributed by atoms with Gasteiger partial charge in [-0.3, -0.25) is 0 Å². The first-order valence-electron chi connectivity index (χ1n) is 4.56. The van der Waals surface area contributed by atoms with Crippen LogP contribution in [0.1, 0.15) is 29.8 Å². The molecule has 0 atom stereocenters. The Morgan fingerprint density at radius 1 is 1.40 bits per heavy atom. The van der Waals surface area contributed by atoms with Crippen LogP contribution in [0.2, 0.25) is 0 Å². The molecule has 6 heteroatoms. The van der Waals surface area contributed by atoms with E-state index in [2.05, 4.69) is 15.3 Å². The van der Waals surface area contributed by atoms with Crippen LogP contribution in [-0.4, -0.2) is 22.0 Å². The van der Waals surface area contributed by atoms with Crippen molar-refractivity contribution >= 4 is 11.8 Å². The van der Waals surface area contributed by atoms with Gasteiger partial charge in [-0.15, -0.1) is 0 Å². The maximum Gasteiger partial charge on any atom is 1.00 e. The standard InChI is InChI=1S/C9H11N3O2.Na/c13-9(14)7-8(11-5-4-10-7)12-6-2-1-3-6;/h4-6H,1-3H2,(H,11,12)(H,13,14);/q;+1/p-1. The number of carboxylic acids is 1. The monoisotopic (exact) mass is 215 g/mol. The van der Waals surface area contributed by atoms with E-state index in [4.69, 9.17) is 0 Å². The quantitative estimate of drug-likeness (QED) is 0.537. The van der Waals surface area contributed by atoms with Crippen LogP contribution in [0.15, 0.2) is 12.4 Å². The Morgan fingerprint density at radius 2 is 2.07 bits per heavy atom. The van der Waals surface area contributed by atoms with Crippen LogP contribution in [0.4, 0.5) is 5.82 Å². The first kappa shape index (κ1) is 12.4. The van der Waals surface area contributed by atoms with Crippen molar-refractivity contribution in [3.05, 3.63) is 18.1 Å². The molecule has 0 aromatic carbocycles. The molecule has 15 heavy (non-hydrogen) atoms. The zero-order valence-electron chi connectivity index (χ0n) is 8.56. The molecule has 1 aromatic rings. The molecule has 0 spiro atoms. The number of nitrogens with zero attached hydrogens (tertiary/aromatic N) is 2. The van der Waals surface area contributed by atoms with Crippen LogP contribution in [0.5, 0.6) is 0 Å². The summed E-state index contributed by atoms with van der Waals surface area (Å²) in [5.41, 5.74) is -0.112. The second-order valence-corrected chi connectivity index (χ2v) is 3.31.